The Balaban J connectivity index is 2.80. The molecule has 0 aliphatic carbocycles. The van der Waals surface area contributed by atoms with Gasteiger partial charge in [0.2, 0.25) is 0 Å². The highest BCUT2D eigenvalue weighted by molar-refractivity contribution is 6.32. The topological polar surface area (TPSA) is 58.9 Å². The average molecular weight is 209 g/mol. The van der Waals surface area contributed by atoms with E-state index >= 15 is 0 Å². The third-order valence-corrected chi connectivity index (χ3v) is 2.63. The van der Waals surface area contributed by atoms with Gasteiger partial charge in [0.05, 0.1) is 5.56 Å². The Kier molecular flexibility index (Phi) is 1.97. The molecule has 0 spiro atoms. The van der Waals surface area contributed by atoms with E-state index in [1.54, 1.807) is 12.3 Å². The molecule has 0 saturated heterocycles. The van der Waals surface area contributed by atoms with Crippen LogP contribution in [0.3, 0.4) is 0 Å². The molecular weight excluding hydrogens is 200 g/mol. The van der Waals surface area contributed by atoms with Crippen molar-refractivity contribution in [1.29, 1.82) is 0 Å². The van der Waals surface area contributed by atoms with E-state index in [4.69, 9.17) is 17.3 Å². The Morgan fingerprint density at radius 2 is 2.21 bits per heavy atom. The Labute approximate surface area is 85.9 Å². The molecule has 3 N–H and O–H groups in total. The zero-order valence-electron chi connectivity index (χ0n) is 7.60. The quantitative estimate of drug-likeness (QED) is 0.742. The highest BCUT2D eigenvalue weighted by Crippen LogP contribution is 2.25. The Morgan fingerprint density at radius 3 is 2.86 bits per heavy atom. The van der Waals surface area contributed by atoms with E-state index in [9.17, 15) is 4.79 Å². The number of aromatic nitrogens is 1. The zero-order valence-corrected chi connectivity index (χ0v) is 8.35. The first-order valence-electron chi connectivity index (χ1n) is 4.16. The number of carbonyl (C=O) groups is 1. The fraction of sp³-hybridized carbons (Fsp3) is 0.100. The summed E-state index contributed by atoms with van der Waals surface area (Å²) in [7, 11) is 0. The summed E-state index contributed by atoms with van der Waals surface area (Å²) in [4.78, 5) is 14.0. The van der Waals surface area contributed by atoms with Crippen molar-refractivity contribution in [2.45, 2.75) is 6.92 Å². The normalized spacial score (nSPS) is 10.7. The van der Waals surface area contributed by atoms with Gasteiger partial charge in [-0.3, -0.25) is 4.79 Å². The fourth-order valence-electron chi connectivity index (χ4n) is 1.46. The number of hydrogen-bond acceptors (Lipinski definition) is 1. The second kappa shape index (κ2) is 3.03. The number of hydrogen-bond donors (Lipinski definition) is 2. The Hall–Kier alpha value is -1.48. The molecule has 0 bridgehead atoms. The van der Waals surface area contributed by atoms with Crippen LogP contribution in [0.5, 0.6) is 0 Å². The molecular formula is C10H9ClN2O. The van der Waals surface area contributed by atoms with Crippen LogP contribution in [-0.4, -0.2) is 10.9 Å². The lowest BCUT2D eigenvalue weighted by molar-refractivity contribution is 0.100. The van der Waals surface area contributed by atoms with Crippen LogP contribution in [0.2, 0.25) is 5.02 Å². The molecule has 0 atom stereocenters. The number of benzene rings is 1. The first kappa shape index (κ1) is 9.09. The molecule has 4 heteroatoms. The summed E-state index contributed by atoms with van der Waals surface area (Å²) < 4.78 is 0. The summed E-state index contributed by atoms with van der Waals surface area (Å²) in [5, 5.41) is 1.41. The van der Waals surface area contributed by atoms with Crippen molar-refractivity contribution >= 4 is 28.4 Å². The van der Waals surface area contributed by atoms with Crippen LogP contribution in [-0.2, 0) is 0 Å². The predicted octanol–water partition coefficient (Wildman–Crippen LogP) is 2.23. The molecule has 72 valence electrons. The Morgan fingerprint density at radius 1 is 1.50 bits per heavy atom. The number of aryl methyl sites for hydroxylation is 1. The lowest BCUT2D eigenvalue weighted by Gasteiger charge is -1.98. The smallest absolute Gasteiger partial charge is 0.250 e. The predicted molar refractivity (Wildman–Crippen MR) is 56.6 cm³/mol. The van der Waals surface area contributed by atoms with Crippen molar-refractivity contribution in [2.24, 2.45) is 5.73 Å². The van der Waals surface area contributed by atoms with E-state index in [1.807, 2.05) is 13.0 Å². The van der Waals surface area contributed by atoms with Gasteiger partial charge in [-0.2, -0.15) is 0 Å². The van der Waals surface area contributed by atoms with Crippen molar-refractivity contribution in [3.8, 4) is 0 Å². The molecule has 1 amide bonds. The Bertz CT molecular complexity index is 516. The van der Waals surface area contributed by atoms with Crippen molar-refractivity contribution in [2.75, 3.05) is 0 Å². The molecule has 0 fully saturated rings. The molecule has 0 saturated carbocycles. The van der Waals surface area contributed by atoms with Crippen LogP contribution >= 0.6 is 11.6 Å². The maximum atomic E-state index is 11.0. The molecule has 0 radical (unpaired) electrons. The van der Waals surface area contributed by atoms with Crippen molar-refractivity contribution in [3.05, 3.63) is 34.5 Å². The van der Waals surface area contributed by atoms with Crippen molar-refractivity contribution in [1.82, 2.24) is 4.98 Å². The second-order valence-corrected chi connectivity index (χ2v) is 3.62. The minimum absolute atomic E-state index is 0.448. The lowest BCUT2D eigenvalue weighted by Crippen LogP contribution is -2.09. The number of primary amides is 1. The molecule has 0 unspecified atom stereocenters. The summed E-state index contributed by atoms with van der Waals surface area (Å²) in [6.07, 6.45) is 1.60. The van der Waals surface area contributed by atoms with Crippen LogP contribution in [0.1, 0.15) is 15.9 Å². The van der Waals surface area contributed by atoms with Crippen LogP contribution in [0, 0.1) is 6.92 Å². The standard InChI is InChI=1S/C10H9ClN2O/c1-5-2-9-6(3-8(5)11)7(4-13-9)10(12)14/h2-4,13H,1H3,(H2,12,14). The third-order valence-electron chi connectivity index (χ3n) is 2.23. The number of carbonyl (C=O) groups excluding carboxylic acids is 1. The molecule has 2 aromatic rings. The van der Waals surface area contributed by atoms with E-state index < -0.39 is 5.91 Å². The number of H-pyrrole nitrogens is 1. The van der Waals surface area contributed by atoms with Crippen LogP contribution in [0.25, 0.3) is 10.9 Å². The van der Waals surface area contributed by atoms with Gasteiger partial charge < -0.3 is 10.7 Å². The maximum Gasteiger partial charge on any atom is 0.250 e. The first-order chi connectivity index (χ1) is 6.59. The second-order valence-electron chi connectivity index (χ2n) is 3.21. The SMILES string of the molecule is Cc1cc2[nH]cc(C(N)=O)c2cc1Cl. The summed E-state index contributed by atoms with van der Waals surface area (Å²) >= 11 is 5.96. The minimum Gasteiger partial charge on any atom is -0.366 e. The number of halogens is 1. The number of nitrogens with one attached hydrogen (secondary N) is 1. The summed E-state index contributed by atoms with van der Waals surface area (Å²) in [6, 6.07) is 3.65. The number of amides is 1. The molecule has 14 heavy (non-hydrogen) atoms. The zero-order chi connectivity index (χ0) is 10.3. The molecule has 1 aromatic carbocycles. The highest BCUT2D eigenvalue weighted by Gasteiger charge is 2.09. The van der Waals surface area contributed by atoms with E-state index in [1.165, 1.54) is 0 Å². The summed E-state index contributed by atoms with van der Waals surface area (Å²) in [6.45, 7) is 1.91. The van der Waals surface area contributed by atoms with Crippen LogP contribution in [0.4, 0.5) is 0 Å². The summed E-state index contributed by atoms with van der Waals surface area (Å²) in [5.74, 6) is -0.448. The first-order valence-corrected chi connectivity index (χ1v) is 4.54. The van der Waals surface area contributed by atoms with Crippen LogP contribution < -0.4 is 5.73 Å². The van der Waals surface area contributed by atoms with Gasteiger partial charge >= 0.3 is 0 Å². The molecule has 3 nitrogen and oxygen atoms in total. The molecule has 0 aliphatic heterocycles. The number of rotatable bonds is 1. The largest absolute Gasteiger partial charge is 0.366 e. The van der Waals surface area contributed by atoms with Gasteiger partial charge in [-0.1, -0.05) is 11.6 Å². The fourth-order valence-corrected chi connectivity index (χ4v) is 1.62. The molecule has 0 aliphatic rings. The number of nitrogens with two attached hydrogens (primary N) is 1. The van der Waals surface area contributed by atoms with Gasteiger partial charge in [0, 0.05) is 22.1 Å². The maximum absolute atomic E-state index is 11.0. The van der Waals surface area contributed by atoms with Gasteiger partial charge in [0.15, 0.2) is 0 Å². The molecule has 2 rings (SSSR count). The van der Waals surface area contributed by atoms with Crippen molar-refractivity contribution < 1.29 is 4.79 Å². The van der Waals surface area contributed by atoms with E-state index in [-0.39, 0.29) is 0 Å². The summed E-state index contributed by atoms with van der Waals surface area (Å²) in [5.41, 5.74) is 7.53. The third kappa shape index (κ3) is 1.26. The monoisotopic (exact) mass is 208 g/mol. The van der Waals surface area contributed by atoms with E-state index in [2.05, 4.69) is 4.98 Å². The molecule has 1 aromatic heterocycles. The van der Waals surface area contributed by atoms with E-state index in [0.717, 1.165) is 16.5 Å². The van der Waals surface area contributed by atoms with Gasteiger partial charge in [-0.15, -0.1) is 0 Å². The van der Waals surface area contributed by atoms with Crippen LogP contribution in [0.15, 0.2) is 18.3 Å². The van der Waals surface area contributed by atoms with Gasteiger partial charge in [0.1, 0.15) is 0 Å². The highest BCUT2D eigenvalue weighted by atomic mass is 35.5. The molecule has 1 heterocycles. The van der Waals surface area contributed by atoms with Gasteiger partial charge in [-0.05, 0) is 24.6 Å². The van der Waals surface area contributed by atoms with Gasteiger partial charge in [0.25, 0.3) is 5.91 Å². The van der Waals surface area contributed by atoms with Gasteiger partial charge in [-0.25, -0.2) is 0 Å². The number of fused-ring (bicyclic) bond motifs is 1. The average Bonchev–Trinajstić information content (AvgIpc) is 2.48. The minimum atomic E-state index is -0.448. The lowest BCUT2D eigenvalue weighted by atomic mass is 10.1. The van der Waals surface area contributed by atoms with E-state index in [0.29, 0.717) is 10.6 Å². The van der Waals surface area contributed by atoms with Crippen molar-refractivity contribution in [3.63, 3.8) is 0 Å². The number of aromatic amines is 1.